The average molecular weight is 425 g/mol. The molecule has 3 nitrogen and oxygen atoms in total. The Morgan fingerprint density at radius 1 is 0.968 bits per heavy atom. The van der Waals surface area contributed by atoms with Gasteiger partial charge in [0.2, 0.25) is 0 Å². The summed E-state index contributed by atoms with van der Waals surface area (Å²) in [5, 5.41) is 0. The molecule has 1 aromatic carbocycles. The molecule has 0 aromatic heterocycles. The monoisotopic (exact) mass is 424 g/mol. The highest BCUT2D eigenvalue weighted by Gasteiger charge is 2.31. The molecule has 0 amide bonds. The minimum absolute atomic E-state index is 0.404. The summed E-state index contributed by atoms with van der Waals surface area (Å²) in [5.41, 5.74) is 1.22. The van der Waals surface area contributed by atoms with Crippen LogP contribution in [0.4, 0.5) is 0 Å². The van der Waals surface area contributed by atoms with Gasteiger partial charge in [0.1, 0.15) is 6.61 Å². The van der Waals surface area contributed by atoms with Crippen molar-refractivity contribution in [2.45, 2.75) is 96.2 Å². The molecule has 0 N–H and O–H groups in total. The second-order valence-corrected chi connectivity index (χ2v) is 9.41. The van der Waals surface area contributed by atoms with Gasteiger partial charge < -0.3 is 9.64 Å². The van der Waals surface area contributed by atoms with E-state index in [1.165, 1.54) is 102 Å². The van der Waals surface area contributed by atoms with Gasteiger partial charge in [-0.2, -0.15) is 0 Å². The van der Waals surface area contributed by atoms with Crippen LogP contribution >= 0.6 is 0 Å². The fourth-order valence-corrected chi connectivity index (χ4v) is 5.12. The number of unbranched alkanes of at least 4 members (excludes halogenated alkanes) is 5. The van der Waals surface area contributed by atoms with Crippen molar-refractivity contribution in [2.24, 2.45) is 0 Å². The summed E-state index contributed by atoms with van der Waals surface area (Å²) in [7, 11) is 0. The van der Waals surface area contributed by atoms with Crippen molar-refractivity contribution >= 4 is 0 Å². The van der Waals surface area contributed by atoms with Gasteiger partial charge in [-0.15, -0.1) is 0 Å². The Hall–Kier alpha value is -1.34. The van der Waals surface area contributed by atoms with Crippen molar-refractivity contribution in [1.82, 2.24) is 9.80 Å². The number of hydrogen-bond donors (Lipinski definition) is 0. The summed E-state index contributed by atoms with van der Waals surface area (Å²) < 4.78 is 5.84. The van der Waals surface area contributed by atoms with E-state index in [1.807, 2.05) is 6.07 Å². The third-order valence-electron chi connectivity index (χ3n) is 6.88. The Labute approximate surface area is 191 Å². The Balaban J connectivity index is 1.49. The number of likely N-dealkylation sites (tertiary alicyclic amines) is 2. The summed E-state index contributed by atoms with van der Waals surface area (Å²) in [6.07, 6.45) is 14.8. The molecule has 0 saturated carbocycles. The van der Waals surface area contributed by atoms with Crippen LogP contribution in [-0.4, -0.2) is 54.7 Å². The fourth-order valence-electron chi connectivity index (χ4n) is 5.12. The number of hydrogen-bond acceptors (Lipinski definition) is 3. The highest BCUT2D eigenvalue weighted by molar-refractivity contribution is 5.14. The molecule has 2 saturated heterocycles. The molecule has 3 heteroatoms. The second-order valence-electron chi connectivity index (χ2n) is 9.41. The SMILES string of the molecule is CCCCCCCC[C@@H](C#CCOCc1ccccc1)N1CCC[C@H]1CN1CCCC1. The van der Waals surface area contributed by atoms with Gasteiger partial charge >= 0.3 is 0 Å². The van der Waals surface area contributed by atoms with Gasteiger partial charge in [0.15, 0.2) is 0 Å². The first kappa shape index (κ1) is 24.3. The number of rotatable bonds is 13. The maximum Gasteiger partial charge on any atom is 0.108 e. The van der Waals surface area contributed by atoms with E-state index in [-0.39, 0.29) is 0 Å². The molecule has 31 heavy (non-hydrogen) atoms. The van der Waals surface area contributed by atoms with Crippen molar-refractivity contribution in [3.8, 4) is 11.8 Å². The quantitative estimate of drug-likeness (QED) is 0.290. The first-order chi connectivity index (χ1) is 15.4. The molecule has 0 radical (unpaired) electrons. The van der Waals surface area contributed by atoms with Crippen LogP contribution in [0.1, 0.15) is 83.1 Å². The van der Waals surface area contributed by atoms with Gasteiger partial charge in [-0.05, 0) is 57.3 Å². The van der Waals surface area contributed by atoms with Crippen molar-refractivity contribution < 1.29 is 4.74 Å². The molecule has 2 fully saturated rings. The van der Waals surface area contributed by atoms with Gasteiger partial charge in [-0.1, -0.05) is 87.6 Å². The van der Waals surface area contributed by atoms with E-state index >= 15 is 0 Å². The molecule has 0 aliphatic carbocycles. The summed E-state index contributed by atoms with van der Waals surface area (Å²) in [4.78, 5) is 5.43. The van der Waals surface area contributed by atoms with Crippen LogP contribution in [0.5, 0.6) is 0 Å². The van der Waals surface area contributed by atoms with Crippen LogP contribution < -0.4 is 0 Å². The molecule has 2 atom stereocenters. The lowest BCUT2D eigenvalue weighted by molar-refractivity contribution is 0.151. The molecule has 3 rings (SSSR count). The van der Waals surface area contributed by atoms with Crippen LogP contribution in [0.25, 0.3) is 0 Å². The average Bonchev–Trinajstić information content (AvgIpc) is 3.48. The van der Waals surface area contributed by atoms with Crippen LogP contribution in [0.2, 0.25) is 0 Å². The second kappa shape index (κ2) is 14.7. The maximum atomic E-state index is 5.84. The lowest BCUT2D eigenvalue weighted by Gasteiger charge is -2.32. The zero-order valence-corrected chi connectivity index (χ0v) is 19.9. The molecule has 0 bridgehead atoms. The Bertz CT molecular complexity index is 644. The molecule has 0 unspecified atom stereocenters. The van der Waals surface area contributed by atoms with Gasteiger partial charge in [-0.25, -0.2) is 0 Å². The fraction of sp³-hybridized carbons (Fsp3) is 0.714. The zero-order chi connectivity index (χ0) is 21.6. The van der Waals surface area contributed by atoms with Gasteiger partial charge in [0, 0.05) is 12.6 Å². The van der Waals surface area contributed by atoms with E-state index in [4.69, 9.17) is 4.74 Å². The third kappa shape index (κ3) is 8.97. The lowest BCUT2D eigenvalue weighted by Crippen LogP contribution is -2.44. The Morgan fingerprint density at radius 2 is 1.74 bits per heavy atom. The van der Waals surface area contributed by atoms with Gasteiger partial charge in [0.05, 0.1) is 12.6 Å². The maximum absolute atomic E-state index is 5.84. The highest BCUT2D eigenvalue weighted by atomic mass is 16.5. The summed E-state index contributed by atoms with van der Waals surface area (Å²) >= 11 is 0. The number of ether oxygens (including phenoxy) is 1. The highest BCUT2D eigenvalue weighted by Crippen LogP contribution is 2.25. The topological polar surface area (TPSA) is 15.7 Å². The van der Waals surface area contributed by atoms with Crippen molar-refractivity contribution in [3.05, 3.63) is 35.9 Å². The summed E-state index contributed by atoms with van der Waals surface area (Å²) in [5.74, 6) is 7.02. The van der Waals surface area contributed by atoms with E-state index in [0.29, 0.717) is 25.3 Å². The van der Waals surface area contributed by atoms with Crippen molar-refractivity contribution in [1.29, 1.82) is 0 Å². The van der Waals surface area contributed by atoms with E-state index in [2.05, 4.69) is 52.8 Å². The molecule has 1 aromatic rings. The predicted molar refractivity (Wildman–Crippen MR) is 131 cm³/mol. The predicted octanol–water partition coefficient (Wildman–Crippen LogP) is 5.89. The molecular weight excluding hydrogens is 380 g/mol. The van der Waals surface area contributed by atoms with E-state index in [1.54, 1.807) is 0 Å². The lowest BCUT2D eigenvalue weighted by atomic mass is 10.0. The molecular formula is C28H44N2O. The van der Waals surface area contributed by atoms with Crippen molar-refractivity contribution in [3.63, 3.8) is 0 Å². The number of benzene rings is 1. The smallest absolute Gasteiger partial charge is 0.108 e. The molecule has 0 spiro atoms. The van der Waals surface area contributed by atoms with Gasteiger partial charge in [0.25, 0.3) is 0 Å². The van der Waals surface area contributed by atoms with Crippen LogP contribution in [0.3, 0.4) is 0 Å². The largest absolute Gasteiger partial charge is 0.364 e. The summed E-state index contributed by atoms with van der Waals surface area (Å²) in [6, 6.07) is 11.5. The molecule has 2 heterocycles. The Kier molecular flexibility index (Phi) is 11.5. The minimum Gasteiger partial charge on any atom is -0.364 e. The molecule has 2 aliphatic rings. The van der Waals surface area contributed by atoms with E-state index in [0.717, 1.165) is 0 Å². The third-order valence-corrected chi connectivity index (χ3v) is 6.88. The first-order valence-corrected chi connectivity index (χ1v) is 12.9. The molecule has 172 valence electrons. The normalized spacial score (nSPS) is 20.6. The standard InChI is InChI=1S/C28H44N2O/c1-2-3-4-5-6-10-17-27(19-14-23-31-25-26-15-8-7-9-16-26)30-22-13-18-28(30)24-29-20-11-12-21-29/h7-9,15-16,27-28H,2-6,10-13,17-18,20-25H2,1H3/t27-,28-/m0/s1. The van der Waals surface area contributed by atoms with Gasteiger partial charge in [-0.3, -0.25) is 4.90 Å². The zero-order valence-electron chi connectivity index (χ0n) is 19.9. The van der Waals surface area contributed by atoms with E-state index < -0.39 is 0 Å². The van der Waals surface area contributed by atoms with E-state index in [9.17, 15) is 0 Å². The molecule has 2 aliphatic heterocycles. The van der Waals surface area contributed by atoms with Crippen LogP contribution in [-0.2, 0) is 11.3 Å². The summed E-state index contributed by atoms with van der Waals surface area (Å²) in [6.45, 7) is 8.54. The first-order valence-electron chi connectivity index (χ1n) is 12.9. The Morgan fingerprint density at radius 3 is 2.55 bits per heavy atom. The van der Waals surface area contributed by atoms with Crippen molar-refractivity contribution in [2.75, 3.05) is 32.8 Å². The number of nitrogens with zero attached hydrogens (tertiary/aromatic N) is 2. The van der Waals surface area contributed by atoms with Crippen LogP contribution in [0, 0.1) is 11.8 Å². The van der Waals surface area contributed by atoms with Crippen LogP contribution in [0.15, 0.2) is 30.3 Å². The minimum atomic E-state index is 0.404.